The second kappa shape index (κ2) is 6.33. The van der Waals surface area contributed by atoms with Gasteiger partial charge in [0.1, 0.15) is 0 Å². The highest BCUT2D eigenvalue weighted by molar-refractivity contribution is 6.11. The van der Waals surface area contributed by atoms with Crippen molar-refractivity contribution in [3.63, 3.8) is 0 Å². The molecule has 1 atom stereocenters. The van der Waals surface area contributed by atoms with Gasteiger partial charge in [-0.3, -0.25) is 20.0 Å². The fraction of sp³-hybridized carbons (Fsp3) is 0.389. The summed E-state index contributed by atoms with van der Waals surface area (Å²) in [5.74, 6) is -0.232. The molecule has 2 fully saturated rings. The smallest absolute Gasteiger partial charge is 0.328 e. The lowest BCUT2D eigenvalue weighted by Crippen LogP contribution is -2.50. The van der Waals surface area contributed by atoms with Crippen LogP contribution < -0.4 is 20.4 Å². The molecule has 0 unspecified atom stereocenters. The van der Waals surface area contributed by atoms with Crippen molar-refractivity contribution < 1.29 is 9.59 Å². The Balaban J connectivity index is 1.79. The largest absolute Gasteiger partial charge is 0.366 e. The monoisotopic (exact) mass is 339 g/mol. The number of carbonyl (C=O) groups excluding carboxylic acids is 2. The van der Waals surface area contributed by atoms with Gasteiger partial charge in [0.25, 0.3) is 0 Å². The van der Waals surface area contributed by atoms with E-state index in [1.807, 2.05) is 18.3 Å². The normalized spacial score (nSPS) is 21.6. The van der Waals surface area contributed by atoms with Gasteiger partial charge >= 0.3 is 6.03 Å². The molecule has 7 heteroatoms. The summed E-state index contributed by atoms with van der Waals surface area (Å²) in [7, 11) is 0. The Hall–Kier alpha value is -2.67. The lowest BCUT2D eigenvalue weighted by molar-refractivity contribution is -0.120. The minimum absolute atomic E-state index is 0.232. The molecule has 4 rings (SSSR count). The molecule has 2 saturated heterocycles. The van der Waals surface area contributed by atoms with E-state index in [1.165, 1.54) is 0 Å². The number of benzene rings is 1. The molecule has 3 amide bonds. The zero-order valence-corrected chi connectivity index (χ0v) is 14.2. The van der Waals surface area contributed by atoms with Crippen LogP contribution in [0.4, 0.5) is 16.2 Å². The molecule has 2 aliphatic heterocycles. The molecule has 0 aliphatic carbocycles. The Bertz CT molecular complexity index is 837. The van der Waals surface area contributed by atoms with E-state index < -0.39 is 0 Å². The van der Waals surface area contributed by atoms with Gasteiger partial charge in [-0.05, 0) is 13.0 Å². The summed E-state index contributed by atoms with van der Waals surface area (Å²) in [6.07, 6.45) is 3.86. The van der Waals surface area contributed by atoms with E-state index in [0.29, 0.717) is 19.0 Å². The Labute approximate surface area is 146 Å². The molecule has 0 spiro atoms. The number of nitrogens with zero attached hydrogens (tertiary/aromatic N) is 3. The number of fused-ring (bicyclic) bond motifs is 1. The van der Waals surface area contributed by atoms with Crippen LogP contribution in [0.2, 0.25) is 0 Å². The van der Waals surface area contributed by atoms with Gasteiger partial charge in [0, 0.05) is 61.3 Å². The molecule has 1 aromatic carbocycles. The molecule has 3 heterocycles. The van der Waals surface area contributed by atoms with Crippen molar-refractivity contribution in [1.82, 2.24) is 15.6 Å². The van der Waals surface area contributed by atoms with Crippen molar-refractivity contribution in [2.75, 3.05) is 36.0 Å². The SMILES string of the molecule is C[C@H]1CNCCN1c1cccc2c(N3CCC(=O)NC3=O)cncc12. The first-order chi connectivity index (χ1) is 12.1. The van der Waals surface area contributed by atoms with Crippen LogP contribution in [0.1, 0.15) is 13.3 Å². The minimum atomic E-state index is -0.383. The van der Waals surface area contributed by atoms with Crippen molar-refractivity contribution in [1.29, 1.82) is 0 Å². The topological polar surface area (TPSA) is 77.6 Å². The summed E-state index contributed by atoms with van der Waals surface area (Å²) in [4.78, 5) is 32.0. The van der Waals surface area contributed by atoms with Crippen molar-refractivity contribution in [2.45, 2.75) is 19.4 Å². The molecule has 0 radical (unpaired) electrons. The van der Waals surface area contributed by atoms with E-state index in [1.54, 1.807) is 11.1 Å². The van der Waals surface area contributed by atoms with Crippen LogP contribution in [-0.2, 0) is 4.79 Å². The van der Waals surface area contributed by atoms with Crippen molar-refractivity contribution in [3.05, 3.63) is 30.6 Å². The summed E-state index contributed by atoms with van der Waals surface area (Å²) < 4.78 is 0. The highest BCUT2D eigenvalue weighted by Crippen LogP contribution is 2.34. The second-order valence-corrected chi connectivity index (χ2v) is 6.53. The minimum Gasteiger partial charge on any atom is -0.366 e. The van der Waals surface area contributed by atoms with E-state index in [9.17, 15) is 9.59 Å². The number of amides is 3. The number of anilines is 2. The van der Waals surface area contributed by atoms with Crippen LogP contribution in [0, 0.1) is 0 Å². The maximum Gasteiger partial charge on any atom is 0.328 e. The molecule has 1 aromatic heterocycles. The average molecular weight is 339 g/mol. The third-order valence-electron chi connectivity index (χ3n) is 4.92. The Morgan fingerprint density at radius 2 is 2.00 bits per heavy atom. The molecule has 0 saturated carbocycles. The van der Waals surface area contributed by atoms with Gasteiger partial charge in [0.15, 0.2) is 0 Å². The van der Waals surface area contributed by atoms with Crippen LogP contribution >= 0.6 is 0 Å². The third kappa shape index (κ3) is 2.80. The molecule has 7 nitrogen and oxygen atoms in total. The van der Waals surface area contributed by atoms with Crippen molar-refractivity contribution in [3.8, 4) is 0 Å². The fourth-order valence-corrected chi connectivity index (χ4v) is 3.62. The van der Waals surface area contributed by atoms with Gasteiger partial charge in [-0.1, -0.05) is 12.1 Å². The maximum absolute atomic E-state index is 12.2. The molecule has 130 valence electrons. The summed E-state index contributed by atoms with van der Waals surface area (Å²) in [5, 5.41) is 7.79. The van der Waals surface area contributed by atoms with E-state index >= 15 is 0 Å². The standard InChI is InChI=1S/C18H21N5O2/c1-12-9-19-6-8-22(12)15-4-2-3-13-14(15)10-20-11-16(13)23-7-5-17(24)21-18(23)25/h2-4,10-12,19H,5-9H2,1H3,(H,21,24,25)/t12-/m0/s1. The van der Waals surface area contributed by atoms with Crippen LogP contribution in [0.5, 0.6) is 0 Å². The number of pyridine rings is 1. The number of hydrogen-bond donors (Lipinski definition) is 2. The van der Waals surface area contributed by atoms with E-state index in [0.717, 1.165) is 41.8 Å². The predicted octanol–water partition coefficient (Wildman–Crippen LogP) is 1.48. The zero-order valence-electron chi connectivity index (χ0n) is 14.2. The molecule has 2 N–H and O–H groups in total. The number of imide groups is 1. The lowest BCUT2D eigenvalue weighted by Gasteiger charge is -2.37. The maximum atomic E-state index is 12.2. The Morgan fingerprint density at radius 3 is 2.80 bits per heavy atom. The third-order valence-corrected chi connectivity index (χ3v) is 4.92. The van der Waals surface area contributed by atoms with Crippen LogP contribution in [-0.4, -0.2) is 49.1 Å². The second-order valence-electron chi connectivity index (χ2n) is 6.53. The highest BCUT2D eigenvalue weighted by atomic mass is 16.2. The predicted molar refractivity (Wildman–Crippen MR) is 96.9 cm³/mol. The van der Waals surface area contributed by atoms with Crippen LogP contribution in [0.15, 0.2) is 30.6 Å². The molecule has 25 heavy (non-hydrogen) atoms. The van der Waals surface area contributed by atoms with E-state index in [-0.39, 0.29) is 11.9 Å². The van der Waals surface area contributed by atoms with Crippen LogP contribution in [0.25, 0.3) is 10.8 Å². The fourth-order valence-electron chi connectivity index (χ4n) is 3.62. The first-order valence-corrected chi connectivity index (χ1v) is 8.60. The number of piperazine rings is 1. The molecule has 2 aromatic rings. The zero-order chi connectivity index (χ0) is 17.4. The van der Waals surface area contributed by atoms with Crippen molar-refractivity contribution >= 4 is 34.1 Å². The number of hydrogen-bond acceptors (Lipinski definition) is 5. The molecular formula is C18H21N5O2. The average Bonchev–Trinajstić information content (AvgIpc) is 2.62. The number of rotatable bonds is 2. The molecule has 0 bridgehead atoms. The van der Waals surface area contributed by atoms with Crippen LogP contribution in [0.3, 0.4) is 0 Å². The summed E-state index contributed by atoms with van der Waals surface area (Å²) in [5.41, 5.74) is 1.88. The first kappa shape index (κ1) is 15.8. The van der Waals surface area contributed by atoms with Gasteiger partial charge < -0.3 is 10.2 Å². The Morgan fingerprint density at radius 1 is 1.12 bits per heavy atom. The number of urea groups is 1. The number of aromatic nitrogens is 1. The summed E-state index contributed by atoms with van der Waals surface area (Å²) in [6, 6.07) is 6.13. The van der Waals surface area contributed by atoms with Gasteiger partial charge in [0.05, 0.1) is 11.9 Å². The van der Waals surface area contributed by atoms with Gasteiger partial charge in [0.2, 0.25) is 5.91 Å². The molecule has 2 aliphatic rings. The Kier molecular flexibility index (Phi) is 4.01. The van der Waals surface area contributed by atoms with E-state index in [2.05, 4.69) is 33.5 Å². The first-order valence-electron chi connectivity index (χ1n) is 8.60. The van der Waals surface area contributed by atoms with Gasteiger partial charge in [-0.2, -0.15) is 0 Å². The summed E-state index contributed by atoms with van der Waals surface area (Å²) in [6.45, 7) is 5.40. The lowest BCUT2D eigenvalue weighted by atomic mass is 10.1. The van der Waals surface area contributed by atoms with E-state index in [4.69, 9.17) is 0 Å². The number of carbonyl (C=O) groups is 2. The van der Waals surface area contributed by atoms with Crippen molar-refractivity contribution in [2.24, 2.45) is 0 Å². The summed E-state index contributed by atoms with van der Waals surface area (Å²) >= 11 is 0. The molecular weight excluding hydrogens is 318 g/mol. The quantitative estimate of drug-likeness (QED) is 0.867. The highest BCUT2D eigenvalue weighted by Gasteiger charge is 2.27. The van der Waals surface area contributed by atoms with Gasteiger partial charge in [-0.15, -0.1) is 0 Å². The van der Waals surface area contributed by atoms with Gasteiger partial charge in [-0.25, -0.2) is 4.79 Å². The number of nitrogens with one attached hydrogen (secondary N) is 2.